The first-order chi connectivity index (χ1) is 17.4. The van der Waals surface area contributed by atoms with Crippen molar-refractivity contribution in [2.75, 3.05) is 6.79 Å². The molecule has 0 unspecified atom stereocenters. The van der Waals surface area contributed by atoms with Crippen LogP contribution in [-0.4, -0.2) is 28.3 Å². The van der Waals surface area contributed by atoms with Crippen molar-refractivity contribution in [3.05, 3.63) is 93.3 Å². The number of carbonyl (C=O) groups is 1. The maximum Gasteiger partial charge on any atom is 0.262 e. The quantitative estimate of drug-likeness (QED) is 0.286. The minimum atomic E-state index is -0.147. The van der Waals surface area contributed by atoms with Crippen LogP contribution in [0.3, 0.4) is 0 Å². The predicted molar refractivity (Wildman–Crippen MR) is 141 cm³/mol. The van der Waals surface area contributed by atoms with Gasteiger partial charge in [-0.25, -0.2) is 4.98 Å². The highest BCUT2D eigenvalue weighted by atomic mass is 32.2. The smallest absolute Gasteiger partial charge is 0.262 e. The predicted octanol–water partition coefficient (Wildman–Crippen LogP) is 4.91. The van der Waals surface area contributed by atoms with Crippen molar-refractivity contribution >= 4 is 28.6 Å². The Balaban J connectivity index is 1.50. The molecular weight excluding hydrogens is 474 g/mol. The van der Waals surface area contributed by atoms with Crippen molar-refractivity contribution in [3.63, 3.8) is 0 Å². The Bertz CT molecular complexity index is 1480. The molecule has 1 amide bonds. The van der Waals surface area contributed by atoms with Gasteiger partial charge >= 0.3 is 0 Å². The summed E-state index contributed by atoms with van der Waals surface area (Å²) in [5, 5.41) is 3.99. The third kappa shape index (κ3) is 5.09. The van der Waals surface area contributed by atoms with Crippen molar-refractivity contribution in [1.29, 1.82) is 0 Å². The third-order valence-electron chi connectivity index (χ3n) is 5.88. The molecule has 7 nitrogen and oxygen atoms in total. The number of fused-ring (bicyclic) bond motifs is 2. The van der Waals surface area contributed by atoms with Crippen LogP contribution < -0.4 is 20.3 Å². The number of thioether (sulfide) groups is 1. The van der Waals surface area contributed by atoms with Gasteiger partial charge < -0.3 is 14.8 Å². The highest BCUT2D eigenvalue weighted by Crippen LogP contribution is 2.35. The number of benzene rings is 3. The molecule has 3 aromatic carbocycles. The molecule has 0 aliphatic carbocycles. The number of ether oxygens (including phenoxy) is 2. The lowest BCUT2D eigenvalue weighted by Gasteiger charge is -2.14. The number of carbonyl (C=O) groups excluding carboxylic acids is 1. The van der Waals surface area contributed by atoms with Crippen LogP contribution in [0.5, 0.6) is 11.5 Å². The molecule has 1 aliphatic heterocycles. The lowest BCUT2D eigenvalue weighted by atomic mass is 10.1. The number of aromatic nitrogens is 2. The van der Waals surface area contributed by atoms with E-state index in [1.54, 1.807) is 28.8 Å². The van der Waals surface area contributed by atoms with Crippen LogP contribution in [0.15, 0.2) is 70.6 Å². The monoisotopic (exact) mass is 501 g/mol. The van der Waals surface area contributed by atoms with Crippen LogP contribution >= 0.6 is 11.8 Å². The molecule has 1 N–H and O–H groups in total. The van der Waals surface area contributed by atoms with Gasteiger partial charge in [0.1, 0.15) is 0 Å². The molecule has 4 aromatic rings. The maximum atomic E-state index is 13.7. The molecule has 36 heavy (non-hydrogen) atoms. The van der Waals surface area contributed by atoms with Crippen molar-refractivity contribution in [2.24, 2.45) is 0 Å². The number of aryl methyl sites for hydroxylation is 1. The molecule has 0 bridgehead atoms. The fourth-order valence-corrected chi connectivity index (χ4v) is 4.92. The molecule has 0 radical (unpaired) electrons. The zero-order valence-electron chi connectivity index (χ0n) is 20.4. The van der Waals surface area contributed by atoms with Crippen molar-refractivity contribution < 1.29 is 14.3 Å². The van der Waals surface area contributed by atoms with Crippen LogP contribution in [0.2, 0.25) is 0 Å². The van der Waals surface area contributed by atoms with E-state index in [1.807, 2.05) is 26.0 Å². The number of rotatable bonds is 7. The Kier molecular flexibility index (Phi) is 6.69. The zero-order chi connectivity index (χ0) is 25.2. The minimum absolute atomic E-state index is 0.0587. The molecule has 2 heterocycles. The van der Waals surface area contributed by atoms with Gasteiger partial charge in [0.25, 0.3) is 11.5 Å². The molecular formula is C28H27N3O4S. The summed E-state index contributed by atoms with van der Waals surface area (Å²) in [6.45, 7) is 6.37. The molecule has 0 fully saturated rings. The number of amides is 1. The first kappa shape index (κ1) is 23.9. The van der Waals surface area contributed by atoms with E-state index in [2.05, 4.69) is 36.5 Å². The first-order valence-electron chi connectivity index (χ1n) is 11.8. The van der Waals surface area contributed by atoms with E-state index in [0.717, 1.165) is 11.1 Å². The summed E-state index contributed by atoms with van der Waals surface area (Å²) in [6.07, 6.45) is 0. The lowest BCUT2D eigenvalue weighted by Crippen LogP contribution is -2.30. The number of nitrogens with one attached hydrogen (secondary N) is 1. The molecule has 184 valence electrons. The second kappa shape index (κ2) is 10.1. The van der Waals surface area contributed by atoms with E-state index in [4.69, 9.17) is 14.5 Å². The number of hydrogen-bond donors (Lipinski definition) is 1. The highest BCUT2D eigenvalue weighted by molar-refractivity contribution is 7.98. The summed E-state index contributed by atoms with van der Waals surface area (Å²) >= 11 is 1.52. The largest absolute Gasteiger partial charge is 0.454 e. The van der Waals surface area contributed by atoms with Crippen LogP contribution in [0.4, 0.5) is 0 Å². The number of hydrogen-bond acceptors (Lipinski definition) is 6. The average molecular weight is 502 g/mol. The van der Waals surface area contributed by atoms with E-state index >= 15 is 0 Å². The van der Waals surface area contributed by atoms with Gasteiger partial charge in [-0.15, -0.1) is 0 Å². The Morgan fingerprint density at radius 3 is 2.39 bits per heavy atom. The topological polar surface area (TPSA) is 82.5 Å². The van der Waals surface area contributed by atoms with Gasteiger partial charge in [0.2, 0.25) is 6.79 Å². The van der Waals surface area contributed by atoms with Gasteiger partial charge in [0, 0.05) is 23.4 Å². The highest BCUT2D eigenvalue weighted by Gasteiger charge is 2.19. The summed E-state index contributed by atoms with van der Waals surface area (Å²) in [7, 11) is 0. The molecule has 0 spiro atoms. The Labute approximate surface area is 213 Å². The van der Waals surface area contributed by atoms with E-state index in [-0.39, 0.29) is 24.3 Å². The fraction of sp³-hybridized carbons (Fsp3) is 0.250. The average Bonchev–Trinajstić information content (AvgIpc) is 3.32. The van der Waals surface area contributed by atoms with E-state index in [9.17, 15) is 9.59 Å². The molecule has 0 saturated heterocycles. The van der Waals surface area contributed by atoms with Crippen molar-refractivity contribution in [3.8, 4) is 11.5 Å². The van der Waals surface area contributed by atoms with Crippen LogP contribution in [-0.2, 0) is 12.3 Å². The van der Waals surface area contributed by atoms with Crippen LogP contribution in [0, 0.1) is 6.92 Å². The second-order valence-corrected chi connectivity index (χ2v) is 10.1. The first-order valence-corrected chi connectivity index (χ1v) is 12.8. The van der Waals surface area contributed by atoms with E-state index in [1.165, 1.54) is 17.3 Å². The summed E-state index contributed by atoms with van der Waals surface area (Å²) < 4.78 is 12.7. The standard InChI is InChI=1S/C28H27N3O4S/c1-17(2)29-26(32)21-10-8-19(9-11-21)14-31-27(33)22-12-24-25(35-16-34-24)13-23(22)30-28(31)36-15-20-6-4-18(3)5-7-20/h4-13,17H,14-16H2,1-3H3,(H,29,32). The molecule has 0 saturated carbocycles. The van der Waals surface area contributed by atoms with Gasteiger partial charge in [0.15, 0.2) is 16.7 Å². The SMILES string of the molecule is Cc1ccc(CSc2nc3cc4c(cc3c(=O)n2Cc2ccc(C(=O)NC(C)C)cc2)OCO4)cc1. The zero-order valence-corrected chi connectivity index (χ0v) is 21.2. The van der Waals surface area contributed by atoms with Crippen molar-refractivity contribution in [2.45, 2.75) is 44.3 Å². The Morgan fingerprint density at radius 2 is 1.69 bits per heavy atom. The normalized spacial score (nSPS) is 12.3. The van der Waals surface area contributed by atoms with Gasteiger partial charge in [-0.1, -0.05) is 53.7 Å². The molecule has 1 aromatic heterocycles. The molecule has 5 rings (SSSR count). The lowest BCUT2D eigenvalue weighted by molar-refractivity contribution is 0.0943. The van der Waals surface area contributed by atoms with Gasteiger partial charge in [-0.2, -0.15) is 0 Å². The number of nitrogens with zero attached hydrogens (tertiary/aromatic N) is 2. The van der Waals surface area contributed by atoms with Crippen LogP contribution in [0.1, 0.15) is 40.9 Å². The molecule has 1 aliphatic rings. The third-order valence-corrected chi connectivity index (χ3v) is 6.93. The van der Waals surface area contributed by atoms with Gasteiger partial charge in [-0.3, -0.25) is 14.2 Å². The van der Waals surface area contributed by atoms with Gasteiger partial charge in [0.05, 0.1) is 17.4 Å². The Hall–Kier alpha value is -3.78. The minimum Gasteiger partial charge on any atom is -0.454 e. The van der Waals surface area contributed by atoms with E-state index < -0.39 is 0 Å². The summed E-state index contributed by atoms with van der Waals surface area (Å²) in [5.41, 5.74) is 4.26. The summed E-state index contributed by atoms with van der Waals surface area (Å²) in [5.74, 6) is 1.70. The van der Waals surface area contributed by atoms with Crippen LogP contribution in [0.25, 0.3) is 10.9 Å². The van der Waals surface area contributed by atoms with E-state index in [0.29, 0.717) is 45.4 Å². The molecule has 8 heteroatoms. The van der Waals surface area contributed by atoms with Gasteiger partial charge in [-0.05, 0) is 50.1 Å². The summed E-state index contributed by atoms with van der Waals surface area (Å²) in [6, 6.07) is 19.2. The second-order valence-electron chi connectivity index (χ2n) is 9.11. The fourth-order valence-electron chi connectivity index (χ4n) is 3.96. The Morgan fingerprint density at radius 1 is 1.03 bits per heavy atom. The molecule has 0 atom stereocenters. The van der Waals surface area contributed by atoms with Crippen molar-refractivity contribution in [1.82, 2.24) is 14.9 Å². The maximum absolute atomic E-state index is 13.7. The summed E-state index contributed by atoms with van der Waals surface area (Å²) in [4.78, 5) is 30.8.